The number of para-hydroxylation sites is 1. The van der Waals surface area contributed by atoms with Crippen LogP contribution in [0.2, 0.25) is 5.02 Å². The lowest BCUT2D eigenvalue weighted by molar-refractivity contribution is -0.141. The van der Waals surface area contributed by atoms with E-state index in [1.54, 1.807) is 24.3 Å². The molecule has 134 valence electrons. The minimum absolute atomic E-state index is 0.0533. The highest BCUT2D eigenvalue weighted by molar-refractivity contribution is 6.30. The zero-order valence-corrected chi connectivity index (χ0v) is 15.0. The zero-order valence-electron chi connectivity index (χ0n) is 14.3. The molecule has 0 fully saturated rings. The number of amides is 1. The number of esters is 1. The molecule has 2 N–H and O–H groups in total. The zero-order chi connectivity index (χ0) is 18.5. The number of aromatic amines is 1. The fourth-order valence-electron chi connectivity index (χ4n) is 2.89. The number of aromatic nitrogens is 1. The van der Waals surface area contributed by atoms with E-state index in [0.717, 1.165) is 22.0 Å². The number of halogens is 1. The van der Waals surface area contributed by atoms with Gasteiger partial charge in [-0.15, -0.1) is 0 Å². The van der Waals surface area contributed by atoms with Crippen molar-refractivity contribution in [3.05, 3.63) is 70.9 Å². The van der Waals surface area contributed by atoms with Gasteiger partial charge in [0.2, 0.25) is 5.91 Å². The highest BCUT2D eigenvalue weighted by Gasteiger charge is 2.19. The molecule has 0 bridgehead atoms. The van der Waals surface area contributed by atoms with Crippen molar-refractivity contribution in [3.8, 4) is 0 Å². The first kappa shape index (κ1) is 18.0. The molecule has 0 aliphatic heterocycles. The number of ether oxygens (including phenoxy) is 1. The summed E-state index contributed by atoms with van der Waals surface area (Å²) in [6.45, 7) is 0. The van der Waals surface area contributed by atoms with Gasteiger partial charge in [-0.2, -0.15) is 0 Å². The maximum atomic E-state index is 12.6. The Labute approximate surface area is 156 Å². The van der Waals surface area contributed by atoms with Crippen molar-refractivity contribution in [3.63, 3.8) is 0 Å². The number of rotatable bonds is 6. The van der Waals surface area contributed by atoms with E-state index in [2.05, 4.69) is 10.3 Å². The van der Waals surface area contributed by atoms with E-state index < -0.39 is 12.0 Å². The van der Waals surface area contributed by atoms with Crippen LogP contribution in [-0.2, 0) is 20.7 Å². The van der Waals surface area contributed by atoms with E-state index in [1.165, 1.54) is 7.11 Å². The maximum Gasteiger partial charge on any atom is 0.307 e. The molecule has 0 aliphatic rings. The average molecular weight is 371 g/mol. The second kappa shape index (κ2) is 8.06. The Morgan fingerprint density at radius 1 is 1.15 bits per heavy atom. The van der Waals surface area contributed by atoms with Crippen molar-refractivity contribution in [2.45, 2.75) is 18.9 Å². The lowest BCUT2D eigenvalue weighted by atomic mass is 10.0. The molecule has 0 aliphatic carbocycles. The van der Waals surface area contributed by atoms with Crippen molar-refractivity contribution < 1.29 is 14.3 Å². The van der Waals surface area contributed by atoms with E-state index in [4.69, 9.17) is 16.3 Å². The van der Waals surface area contributed by atoms with Gasteiger partial charge in [0.05, 0.1) is 26.0 Å². The van der Waals surface area contributed by atoms with Gasteiger partial charge in [0, 0.05) is 22.1 Å². The van der Waals surface area contributed by atoms with Gasteiger partial charge in [0.25, 0.3) is 0 Å². The fourth-order valence-corrected chi connectivity index (χ4v) is 3.02. The molecule has 1 amide bonds. The number of carbonyl (C=O) groups excluding carboxylic acids is 2. The minimum atomic E-state index is -0.475. The van der Waals surface area contributed by atoms with Crippen molar-refractivity contribution in [1.29, 1.82) is 0 Å². The second-order valence-corrected chi connectivity index (χ2v) is 6.42. The molecule has 1 atom stereocenters. The first-order valence-corrected chi connectivity index (χ1v) is 8.61. The normalized spacial score (nSPS) is 11.9. The van der Waals surface area contributed by atoms with E-state index in [0.29, 0.717) is 5.02 Å². The van der Waals surface area contributed by atoms with Crippen LogP contribution in [0.1, 0.15) is 23.6 Å². The second-order valence-electron chi connectivity index (χ2n) is 5.99. The summed E-state index contributed by atoms with van der Waals surface area (Å²) in [4.78, 5) is 27.5. The summed E-state index contributed by atoms with van der Waals surface area (Å²) in [5.74, 6) is -0.559. The Kier molecular flexibility index (Phi) is 5.58. The molecular formula is C20H19ClN2O3. The van der Waals surface area contributed by atoms with Gasteiger partial charge in [-0.25, -0.2) is 0 Å². The molecule has 0 saturated carbocycles. The third kappa shape index (κ3) is 4.24. The largest absolute Gasteiger partial charge is 0.469 e. The molecule has 0 unspecified atom stereocenters. The summed E-state index contributed by atoms with van der Waals surface area (Å²) >= 11 is 5.92. The summed E-state index contributed by atoms with van der Waals surface area (Å²) in [6, 6.07) is 14.4. The van der Waals surface area contributed by atoms with E-state index in [-0.39, 0.29) is 18.7 Å². The van der Waals surface area contributed by atoms with Gasteiger partial charge in [0.15, 0.2) is 0 Å². The van der Waals surface area contributed by atoms with E-state index >= 15 is 0 Å². The first-order chi connectivity index (χ1) is 12.6. The summed E-state index contributed by atoms with van der Waals surface area (Å²) in [7, 11) is 1.33. The van der Waals surface area contributed by atoms with Gasteiger partial charge in [-0.3, -0.25) is 9.59 Å². The van der Waals surface area contributed by atoms with E-state index in [9.17, 15) is 9.59 Å². The SMILES string of the molecule is COC(=O)C[C@@H](NC(=O)Cc1c[nH]c2ccccc12)c1ccc(Cl)cc1. The van der Waals surface area contributed by atoms with E-state index in [1.807, 2.05) is 30.5 Å². The number of carbonyl (C=O) groups is 2. The van der Waals surface area contributed by atoms with Gasteiger partial charge < -0.3 is 15.0 Å². The van der Waals surface area contributed by atoms with Crippen LogP contribution in [0.3, 0.4) is 0 Å². The maximum absolute atomic E-state index is 12.6. The Hall–Kier alpha value is -2.79. The standard InChI is InChI=1S/C20H19ClN2O3/c1-26-20(25)11-18(13-6-8-15(21)9-7-13)23-19(24)10-14-12-22-17-5-3-2-4-16(14)17/h2-9,12,18,22H,10-11H2,1H3,(H,23,24)/t18-/m1/s1. The number of nitrogens with one attached hydrogen (secondary N) is 2. The molecule has 26 heavy (non-hydrogen) atoms. The Morgan fingerprint density at radius 3 is 2.62 bits per heavy atom. The quantitative estimate of drug-likeness (QED) is 0.648. The minimum Gasteiger partial charge on any atom is -0.469 e. The summed E-state index contributed by atoms with van der Waals surface area (Å²) in [5, 5.41) is 4.53. The predicted octanol–water partition coefficient (Wildman–Crippen LogP) is 3.78. The molecule has 0 spiro atoms. The molecule has 1 aromatic heterocycles. The molecule has 5 nitrogen and oxygen atoms in total. The van der Waals surface area contributed by atoms with Crippen LogP contribution < -0.4 is 5.32 Å². The van der Waals surface area contributed by atoms with Crippen LogP contribution in [0, 0.1) is 0 Å². The van der Waals surface area contributed by atoms with Crippen molar-refractivity contribution in [1.82, 2.24) is 10.3 Å². The van der Waals surface area contributed by atoms with Crippen molar-refractivity contribution >= 4 is 34.4 Å². The van der Waals surface area contributed by atoms with Gasteiger partial charge in [-0.05, 0) is 29.3 Å². The number of hydrogen-bond acceptors (Lipinski definition) is 3. The third-order valence-electron chi connectivity index (χ3n) is 4.23. The smallest absolute Gasteiger partial charge is 0.307 e. The molecule has 1 heterocycles. The Balaban J connectivity index is 1.76. The molecule has 3 rings (SSSR count). The summed E-state index contributed by atoms with van der Waals surface area (Å²) in [5.41, 5.74) is 2.69. The fraction of sp³-hybridized carbons (Fsp3) is 0.200. The van der Waals surface area contributed by atoms with Gasteiger partial charge in [0.1, 0.15) is 0 Å². The molecule has 2 aromatic carbocycles. The molecule has 0 saturated heterocycles. The van der Waals surface area contributed by atoms with Crippen molar-refractivity contribution in [2.24, 2.45) is 0 Å². The number of hydrogen-bond donors (Lipinski definition) is 2. The average Bonchev–Trinajstić information content (AvgIpc) is 3.04. The molecular weight excluding hydrogens is 352 g/mol. The number of fused-ring (bicyclic) bond motifs is 1. The Bertz CT molecular complexity index is 918. The number of benzene rings is 2. The predicted molar refractivity (Wildman–Crippen MR) is 101 cm³/mol. The van der Waals surface area contributed by atoms with Crippen LogP contribution in [0.4, 0.5) is 0 Å². The third-order valence-corrected chi connectivity index (χ3v) is 4.48. The van der Waals surface area contributed by atoms with Crippen molar-refractivity contribution in [2.75, 3.05) is 7.11 Å². The molecule has 0 radical (unpaired) electrons. The highest BCUT2D eigenvalue weighted by Crippen LogP contribution is 2.22. The highest BCUT2D eigenvalue weighted by atomic mass is 35.5. The lowest BCUT2D eigenvalue weighted by Crippen LogP contribution is -2.31. The van der Waals surface area contributed by atoms with Crippen LogP contribution in [0.15, 0.2) is 54.7 Å². The monoisotopic (exact) mass is 370 g/mol. The summed E-state index contributed by atoms with van der Waals surface area (Å²) < 4.78 is 4.75. The summed E-state index contributed by atoms with van der Waals surface area (Å²) in [6.07, 6.45) is 2.11. The molecule has 3 aromatic rings. The van der Waals surface area contributed by atoms with Crippen LogP contribution in [0.5, 0.6) is 0 Å². The topological polar surface area (TPSA) is 71.2 Å². The van der Waals surface area contributed by atoms with Crippen LogP contribution in [0.25, 0.3) is 10.9 Å². The number of H-pyrrole nitrogens is 1. The molecule has 6 heteroatoms. The van der Waals surface area contributed by atoms with Gasteiger partial charge in [-0.1, -0.05) is 41.9 Å². The van der Waals surface area contributed by atoms with Gasteiger partial charge >= 0.3 is 5.97 Å². The van der Waals surface area contributed by atoms with Crippen LogP contribution in [-0.4, -0.2) is 24.0 Å². The lowest BCUT2D eigenvalue weighted by Gasteiger charge is -2.18. The van der Waals surface area contributed by atoms with Crippen LogP contribution >= 0.6 is 11.6 Å². The Morgan fingerprint density at radius 2 is 1.88 bits per heavy atom. The number of methoxy groups -OCH3 is 1. The first-order valence-electron chi connectivity index (χ1n) is 8.23.